The Balaban J connectivity index is 4.20. The molecule has 3 heteroatoms. The van der Waals surface area contributed by atoms with E-state index in [1.165, 1.54) is 0 Å². The molecule has 0 unspecified atom stereocenters. The van der Waals surface area contributed by atoms with Crippen LogP contribution in [-0.2, 0) is 9.47 Å². The molecule has 92 valence electrons. The Kier molecular flexibility index (Phi) is 9.72. The lowest BCUT2D eigenvalue weighted by Gasteiger charge is -2.05. The normalized spacial score (nSPS) is 13.5. The molecule has 0 aromatic heterocycles. The second-order valence-corrected chi connectivity index (χ2v) is 3.35. The van der Waals surface area contributed by atoms with E-state index in [4.69, 9.17) is 9.47 Å². The number of allylic oxidation sites excluding steroid dienone is 1. The Bertz CT molecular complexity index is 255. The smallest absolute Gasteiger partial charge is 0.216 e. The third-order valence-corrected chi connectivity index (χ3v) is 1.91. The fraction of sp³-hybridized carbons (Fsp3) is 0.615. The predicted molar refractivity (Wildman–Crippen MR) is 68.7 cm³/mol. The van der Waals surface area contributed by atoms with E-state index in [0.717, 1.165) is 25.0 Å². The molecule has 3 nitrogen and oxygen atoms in total. The fourth-order valence-electron chi connectivity index (χ4n) is 1.16. The van der Waals surface area contributed by atoms with E-state index >= 15 is 0 Å². The van der Waals surface area contributed by atoms with E-state index < -0.39 is 0 Å². The first kappa shape index (κ1) is 14.9. The molecule has 16 heavy (non-hydrogen) atoms. The maximum atomic E-state index is 5.49. The van der Waals surface area contributed by atoms with E-state index in [-0.39, 0.29) is 0 Å². The number of hydrogen-bond donors (Lipinski definition) is 0. The van der Waals surface area contributed by atoms with Crippen LogP contribution < -0.4 is 0 Å². The van der Waals surface area contributed by atoms with Gasteiger partial charge in [0.25, 0.3) is 0 Å². The molecule has 0 saturated carbocycles. The molecule has 0 N–H and O–H groups in total. The molecule has 0 saturated heterocycles. The van der Waals surface area contributed by atoms with E-state index in [2.05, 4.69) is 18.0 Å². The van der Waals surface area contributed by atoms with Crippen molar-refractivity contribution in [3.05, 3.63) is 24.0 Å². The molecular formula is C13H23NO2. The molecule has 0 aromatic rings. The van der Waals surface area contributed by atoms with Gasteiger partial charge in [-0.2, -0.15) is 0 Å². The quantitative estimate of drug-likeness (QED) is 0.288. The molecular weight excluding hydrogens is 202 g/mol. The van der Waals surface area contributed by atoms with Gasteiger partial charge >= 0.3 is 0 Å². The topological polar surface area (TPSA) is 30.8 Å². The van der Waals surface area contributed by atoms with Gasteiger partial charge in [0.05, 0.1) is 6.26 Å². The summed E-state index contributed by atoms with van der Waals surface area (Å²) in [4.78, 5) is 4.30. The first-order valence-corrected chi connectivity index (χ1v) is 5.78. The molecule has 0 aliphatic rings. The van der Waals surface area contributed by atoms with Gasteiger partial charge in [-0.15, -0.1) is 0 Å². The predicted octanol–water partition coefficient (Wildman–Crippen LogP) is 3.33. The zero-order valence-electron chi connectivity index (χ0n) is 10.8. The van der Waals surface area contributed by atoms with Crippen molar-refractivity contribution in [3.63, 3.8) is 0 Å². The van der Waals surface area contributed by atoms with Crippen LogP contribution in [0.2, 0.25) is 0 Å². The van der Waals surface area contributed by atoms with Gasteiger partial charge < -0.3 is 9.47 Å². The van der Waals surface area contributed by atoms with Crippen molar-refractivity contribution in [2.24, 2.45) is 4.99 Å². The van der Waals surface area contributed by atoms with E-state index in [1.807, 2.05) is 19.9 Å². The fourth-order valence-corrected chi connectivity index (χ4v) is 1.16. The van der Waals surface area contributed by atoms with Crippen molar-refractivity contribution < 1.29 is 9.47 Å². The van der Waals surface area contributed by atoms with E-state index in [9.17, 15) is 0 Å². The van der Waals surface area contributed by atoms with Gasteiger partial charge in [-0.25, -0.2) is 0 Å². The summed E-state index contributed by atoms with van der Waals surface area (Å²) in [5.41, 5.74) is 1.08. The van der Waals surface area contributed by atoms with Crippen molar-refractivity contribution in [1.29, 1.82) is 0 Å². The van der Waals surface area contributed by atoms with Gasteiger partial charge in [0.15, 0.2) is 0 Å². The van der Waals surface area contributed by atoms with Crippen LogP contribution in [0.3, 0.4) is 0 Å². The lowest BCUT2D eigenvalue weighted by atomic mass is 10.2. The molecule has 0 aliphatic heterocycles. The molecule has 0 aliphatic carbocycles. The number of nitrogens with zero attached hydrogens (tertiary/aromatic N) is 1. The van der Waals surface area contributed by atoms with Crippen LogP contribution in [0.25, 0.3) is 0 Å². The Morgan fingerprint density at radius 1 is 1.31 bits per heavy atom. The molecule has 0 fully saturated rings. The first-order chi connectivity index (χ1) is 7.76. The second kappa shape index (κ2) is 10.4. The Morgan fingerprint density at radius 2 is 2.06 bits per heavy atom. The maximum absolute atomic E-state index is 5.49. The number of rotatable bonds is 7. The Hall–Kier alpha value is -1.09. The highest BCUT2D eigenvalue weighted by atomic mass is 16.5. The number of methoxy groups -OCH3 is 1. The van der Waals surface area contributed by atoms with Gasteiger partial charge in [0.2, 0.25) is 5.90 Å². The molecule has 0 bridgehead atoms. The monoisotopic (exact) mass is 225 g/mol. The van der Waals surface area contributed by atoms with Crippen molar-refractivity contribution in [2.75, 3.05) is 20.3 Å². The molecule has 0 atom stereocenters. The third kappa shape index (κ3) is 7.23. The van der Waals surface area contributed by atoms with Gasteiger partial charge in [0.1, 0.15) is 0 Å². The zero-order chi connectivity index (χ0) is 12.2. The average molecular weight is 225 g/mol. The minimum atomic E-state index is 0.706. The highest BCUT2D eigenvalue weighted by Crippen LogP contribution is 2.02. The number of aliphatic imine (C=N–C) groups is 1. The van der Waals surface area contributed by atoms with Crippen molar-refractivity contribution in [3.8, 4) is 0 Å². The maximum Gasteiger partial charge on any atom is 0.216 e. The van der Waals surface area contributed by atoms with Crippen LogP contribution in [0.15, 0.2) is 29.0 Å². The van der Waals surface area contributed by atoms with Crippen molar-refractivity contribution in [1.82, 2.24) is 0 Å². The van der Waals surface area contributed by atoms with Crippen LogP contribution in [0.4, 0.5) is 0 Å². The van der Waals surface area contributed by atoms with Crippen LogP contribution in [-0.4, -0.2) is 26.2 Å². The van der Waals surface area contributed by atoms with Gasteiger partial charge in [-0.1, -0.05) is 13.0 Å². The second-order valence-electron chi connectivity index (χ2n) is 3.35. The SMILES string of the molecule is CC/C=C(C)\C(=N/CC)O/C=C/CCOC. The lowest BCUT2D eigenvalue weighted by Crippen LogP contribution is -2.03. The summed E-state index contributed by atoms with van der Waals surface area (Å²) < 4.78 is 10.4. The summed E-state index contributed by atoms with van der Waals surface area (Å²) in [6.07, 6.45) is 7.57. The highest BCUT2D eigenvalue weighted by Gasteiger charge is 1.99. The number of hydrogen-bond acceptors (Lipinski definition) is 3. The van der Waals surface area contributed by atoms with Crippen LogP contribution >= 0.6 is 0 Å². The molecule has 0 spiro atoms. The average Bonchev–Trinajstić information content (AvgIpc) is 2.27. The molecule has 0 rings (SSSR count). The summed E-state index contributed by atoms with van der Waals surface area (Å²) in [6, 6.07) is 0. The Morgan fingerprint density at radius 3 is 2.62 bits per heavy atom. The molecule has 0 aromatic carbocycles. The Labute approximate surface area is 98.9 Å². The molecule has 0 heterocycles. The minimum Gasteiger partial charge on any atom is -0.447 e. The molecule has 0 amide bonds. The standard InChI is InChI=1S/C13H23NO2/c1-5-9-12(3)13(14-6-2)16-11-8-7-10-15-4/h8-9,11H,5-7,10H2,1-4H3/b11-8+,12-9-,14-13+. The number of ether oxygens (including phenoxy) is 2. The van der Waals surface area contributed by atoms with Crippen LogP contribution in [0, 0.1) is 0 Å². The summed E-state index contributed by atoms with van der Waals surface area (Å²) in [5.74, 6) is 0.706. The molecule has 0 radical (unpaired) electrons. The van der Waals surface area contributed by atoms with Gasteiger partial charge in [-0.3, -0.25) is 4.99 Å². The van der Waals surface area contributed by atoms with Gasteiger partial charge in [-0.05, 0) is 32.8 Å². The van der Waals surface area contributed by atoms with E-state index in [1.54, 1.807) is 13.4 Å². The van der Waals surface area contributed by atoms with Crippen molar-refractivity contribution >= 4 is 5.90 Å². The lowest BCUT2D eigenvalue weighted by molar-refractivity contribution is 0.204. The third-order valence-electron chi connectivity index (χ3n) is 1.91. The van der Waals surface area contributed by atoms with Gasteiger partial charge in [0, 0.05) is 25.8 Å². The first-order valence-electron chi connectivity index (χ1n) is 5.78. The highest BCUT2D eigenvalue weighted by molar-refractivity contribution is 5.93. The van der Waals surface area contributed by atoms with Crippen molar-refractivity contribution in [2.45, 2.75) is 33.6 Å². The summed E-state index contributed by atoms with van der Waals surface area (Å²) in [5, 5.41) is 0. The largest absolute Gasteiger partial charge is 0.447 e. The minimum absolute atomic E-state index is 0.706. The summed E-state index contributed by atoms with van der Waals surface area (Å²) in [7, 11) is 1.69. The zero-order valence-corrected chi connectivity index (χ0v) is 10.8. The van der Waals surface area contributed by atoms with Crippen LogP contribution in [0.5, 0.6) is 0 Å². The van der Waals surface area contributed by atoms with E-state index in [0.29, 0.717) is 12.5 Å². The summed E-state index contributed by atoms with van der Waals surface area (Å²) >= 11 is 0. The summed E-state index contributed by atoms with van der Waals surface area (Å²) in [6.45, 7) is 7.56. The van der Waals surface area contributed by atoms with Crippen LogP contribution in [0.1, 0.15) is 33.6 Å².